The minimum atomic E-state index is -0.228. The number of amides is 2. The highest BCUT2D eigenvalue weighted by molar-refractivity contribution is 8.18. The molecule has 0 radical (unpaired) electrons. The van der Waals surface area contributed by atoms with Crippen molar-refractivity contribution in [1.82, 2.24) is 9.47 Å². The van der Waals surface area contributed by atoms with E-state index in [-0.39, 0.29) is 24.3 Å². The Morgan fingerprint density at radius 3 is 2.53 bits per heavy atom. The third kappa shape index (κ3) is 5.12. The highest BCUT2D eigenvalue weighted by Crippen LogP contribution is 2.36. The summed E-state index contributed by atoms with van der Waals surface area (Å²) in [6, 6.07) is 8.87. The fourth-order valence-corrected chi connectivity index (χ4v) is 6.03. The molecule has 2 aliphatic rings. The molecule has 1 saturated carbocycles. The summed E-state index contributed by atoms with van der Waals surface area (Å²) in [5.41, 5.74) is 5.70. The first-order valence-corrected chi connectivity index (χ1v) is 13.2. The van der Waals surface area contributed by atoms with Crippen LogP contribution >= 0.6 is 11.8 Å². The van der Waals surface area contributed by atoms with Gasteiger partial charge in [0.15, 0.2) is 0 Å². The summed E-state index contributed by atoms with van der Waals surface area (Å²) in [6.07, 6.45) is 8.20. The Morgan fingerprint density at radius 1 is 1.09 bits per heavy atom. The number of rotatable bonds is 7. The van der Waals surface area contributed by atoms with Crippen LogP contribution in [0.3, 0.4) is 0 Å². The van der Waals surface area contributed by atoms with Gasteiger partial charge in [-0.1, -0.05) is 45.2 Å². The van der Waals surface area contributed by atoms with Gasteiger partial charge >= 0.3 is 0 Å². The molecule has 2 aromatic rings. The number of carbonyl (C=O) groups excluding carboxylic acids is 2. The average Bonchev–Trinajstić information content (AvgIpc) is 3.23. The van der Waals surface area contributed by atoms with Crippen LogP contribution in [-0.4, -0.2) is 33.8 Å². The molecule has 0 N–H and O–H groups in total. The molecule has 1 aliphatic carbocycles. The highest BCUT2D eigenvalue weighted by atomic mass is 32.2. The van der Waals surface area contributed by atoms with Crippen LogP contribution in [0.1, 0.15) is 86.0 Å². The molecule has 4 rings (SSSR count). The van der Waals surface area contributed by atoms with Crippen LogP contribution in [0, 0.1) is 20.8 Å². The fourth-order valence-electron chi connectivity index (χ4n) is 5.17. The summed E-state index contributed by atoms with van der Waals surface area (Å²) in [4.78, 5) is 27.5. The van der Waals surface area contributed by atoms with Gasteiger partial charge in [-0.15, -0.1) is 0 Å². The van der Waals surface area contributed by atoms with Crippen LogP contribution in [0.5, 0.6) is 5.75 Å². The van der Waals surface area contributed by atoms with Crippen molar-refractivity contribution in [3.8, 4) is 5.75 Å². The second-order valence-corrected chi connectivity index (χ2v) is 10.9. The minimum Gasteiger partial charge on any atom is -0.491 e. The summed E-state index contributed by atoms with van der Waals surface area (Å²) in [5, 5.41) is -0.228. The lowest BCUT2D eigenvalue weighted by Gasteiger charge is -2.26. The number of hydrogen-bond donors (Lipinski definition) is 0. The van der Waals surface area contributed by atoms with Crippen molar-refractivity contribution < 1.29 is 14.3 Å². The summed E-state index contributed by atoms with van der Waals surface area (Å²) in [7, 11) is 0. The monoisotopic (exact) mass is 480 g/mol. The van der Waals surface area contributed by atoms with Gasteiger partial charge < -0.3 is 9.30 Å². The van der Waals surface area contributed by atoms with Crippen molar-refractivity contribution in [2.45, 2.75) is 78.7 Å². The lowest BCUT2D eigenvalue weighted by molar-refractivity contribution is -0.123. The van der Waals surface area contributed by atoms with Crippen LogP contribution in [0.25, 0.3) is 6.08 Å². The first-order chi connectivity index (χ1) is 16.3. The molecule has 5 nitrogen and oxygen atoms in total. The summed E-state index contributed by atoms with van der Waals surface area (Å²) in [6.45, 7) is 11.1. The van der Waals surface area contributed by atoms with E-state index >= 15 is 0 Å². The van der Waals surface area contributed by atoms with Gasteiger partial charge in [0.05, 0.1) is 11.4 Å². The van der Waals surface area contributed by atoms with Gasteiger partial charge in [-0.2, -0.15) is 0 Å². The number of benzene rings is 1. The maximum absolute atomic E-state index is 13.1. The van der Waals surface area contributed by atoms with E-state index in [9.17, 15) is 9.59 Å². The molecule has 2 amide bonds. The smallest absolute Gasteiger partial charge is 0.293 e. The van der Waals surface area contributed by atoms with Crippen LogP contribution in [0.2, 0.25) is 0 Å². The summed E-state index contributed by atoms with van der Waals surface area (Å²) >= 11 is 1.03. The van der Waals surface area contributed by atoms with Gasteiger partial charge in [0.1, 0.15) is 12.4 Å². The molecular formula is C28H36N2O3S. The van der Waals surface area contributed by atoms with E-state index in [1.807, 2.05) is 19.1 Å². The van der Waals surface area contributed by atoms with Gasteiger partial charge in [0.25, 0.3) is 11.1 Å². The molecule has 1 aliphatic heterocycles. The number of aryl methyl sites for hydroxylation is 2. The molecule has 1 saturated heterocycles. The second kappa shape index (κ2) is 10.4. The van der Waals surface area contributed by atoms with E-state index in [2.05, 4.69) is 50.5 Å². The Bertz CT molecular complexity index is 1110. The van der Waals surface area contributed by atoms with Gasteiger partial charge in [-0.3, -0.25) is 14.5 Å². The third-order valence-corrected chi connectivity index (χ3v) is 7.89. The number of imide groups is 1. The maximum Gasteiger partial charge on any atom is 0.293 e. The molecule has 182 valence electrons. The Balaban J connectivity index is 1.45. The minimum absolute atomic E-state index is 0.227. The quantitative estimate of drug-likeness (QED) is 0.395. The normalized spacial score (nSPS) is 18.5. The largest absolute Gasteiger partial charge is 0.491 e. The molecule has 34 heavy (non-hydrogen) atoms. The van der Waals surface area contributed by atoms with Crippen molar-refractivity contribution in [2.24, 2.45) is 0 Å². The first kappa shape index (κ1) is 24.6. The van der Waals surface area contributed by atoms with Crippen molar-refractivity contribution in [1.29, 1.82) is 0 Å². The Hall–Kier alpha value is -2.47. The number of hydrogen-bond acceptors (Lipinski definition) is 4. The first-order valence-electron chi connectivity index (χ1n) is 12.4. The average molecular weight is 481 g/mol. The lowest BCUT2D eigenvalue weighted by Crippen LogP contribution is -2.32. The van der Waals surface area contributed by atoms with Crippen LogP contribution in [0.4, 0.5) is 4.79 Å². The maximum atomic E-state index is 13.1. The number of carbonyl (C=O) groups is 2. The number of nitrogens with zero attached hydrogens (tertiary/aromatic N) is 2. The third-order valence-electron chi connectivity index (χ3n) is 6.99. The number of aromatic nitrogens is 1. The Kier molecular flexibility index (Phi) is 7.56. The Labute approximate surface area is 207 Å². The SMILES string of the molecule is Cc1ccc(C(C)C)c(OCCN2C(=O)S/C(=C\c3cc(C)n(C4CCCCC4)c3C)C2=O)c1. The molecular weight excluding hydrogens is 444 g/mol. The second-order valence-electron chi connectivity index (χ2n) is 9.87. The van der Waals surface area contributed by atoms with Gasteiger partial charge in [-0.25, -0.2) is 0 Å². The molecule has 2 fully saturated rings. The van der Waals surface area contributed by atoms with Crippen LogP contribution < -0.4 is 4.74 Å². The van der Waals surface area contributed by atoms with E-state index in [1.165, 1.54) is 48.4 Å². The van der Waals surface area contributed by atoms with Crippen LogP contribution in [-0.2, 0) is 4.79 Å². The van der Waals surface area contributed by atoms with Crippen molar-refractivity contribution in [3.63, 3.8) is 0 Å². The van der Waals surface area contributed by atoms with Gasteiger partial charge in [-0.05, 0) is 86.2 Å². The van der Waals surface area contributed by atoms with Crippen molar-refractivity contribution in [2.75, 3.05) is 13.2 Å². The highest BCUT2D eigenvalue weighted by Gasteiger charge is 2.35. The zero-order valence-electron chi connectivity index (χ0n) is 21.0. The van der Waals surface area contributed by atoms with Gasteiger partial charge in [0.2, 0.25) is 0 Å². The predicted octanol–water partition coefficient (Wildman–Crippen LogP) is 7.16. The standard InChI is InChI=1S/C28H36N2O3S/c1-18(2)24-12-11-19(3)15-25(24)33-14-13-29-27(31)26(34-28(29)32)17-22-16-20(4)30(21(22)5)23-9-7-6-8-10-23/h11-12,15-18,23H,6-10,13-14H2,1-5H3/b26-17-. The topological polar surface area (TPSA) is 51.5 Å². The fraction of sp³-hybridized carbons (Fsp3) is 0.500. The van der Waals surface area contributed by atoms with Gasteiger partial charge in [0, 0.05) is 17.4 Å². The lowest BCUT2D eigenvalue weighted by atomic mass is 9.95. The molecule has 0 bridgehead atoms. The van der Waals surface area contributed by atoms with E-state index in [4.69, 9.17) is 4.74 Å². The predicted molar refractivity (Wildman–Crippen MR) is 139 cm³/mol. The molecule has 0 unspecified atom stereocenters. The van der Waals surface area contributed by atoms with E-state index in [0.717, 1.165) is 34.2 Å². The molecule has 6 heteroatoms. The Morgan fingerprint density at radius 2 is 1.82 bits per heavy atom. The van der Waals surface area contributed by atoms with E-state index < -0.39 is 0 Å². The molecule has 1 aromatic heterocycles. The van der Waals surface area contributed by atoms with Crippen molar-refractivity contribution >= 4 is 29.0 Å². The molecule has 0 spiro atoms. The van der Waals surface area contributed by atoms with Crippen LogP contribution in [0.15, 0.2) is 29.2 Å². The van der Waals surface area contributed by atoms with E-state index in [0.29, 0.717) is 16.9 Å². The zero-order valence-corrected chi connectivity index (χ0v) is 21.8. The summed E-state index contributed by atoms with van der Waals surface area (Å²) < 4.78 is 8.45. The molecule has 0 atom stereocenters. The van der Waals surface area contributed by atoms with E-state index in [1.54, 1.807) is 0 Å². The van der Waals surface area contributed by atoms with Crippen molar-refractivity contribution in [3.05, 3.63) is 57.2 Å². The number of ether oxygens (including phenoxy) is 1. The molecule has 2 heterocycles. The zero-order chi connectivity index (χ0) is 24.4. The summed E-state index contributed by atoms with van der Waals surface area (Å²) in [5.74, 6) is 0.936. The molecule has 1 aromatic carbocycles. The number of thioether (sulfide) groups is 1.